The van der Waals surface area contributed by atoms with Crippen LogP contribution < -0.4 is 21.5 Å². The van der Waals surface area contributed by atoms with E-state index in [0.717, 1.165) is 0 Å². The minimum atomic E-state index is -0.442. The van der Waals surface area contributed by atoms with Crippen molar-refractivity contribution in [3.63, 3.8) is 0 Å². The Bertz CT molecular complexity index is 1100. The van der Waals surface area contributed by atoms with Crippen LogP contribution in [0.2, 0.25) is 0 Å². The zero-order chi connectivity index (χ0) is 20.3. The minimum absolute atomic E-state index is 0.161. The predicted octanol–water partition coefficient (Wildman–Crippen LogP) is 2.98. The van der Waals surface area contributed by atoms with E-state index in [2.05, 4.69) is 21.0 Å². The van der Waals surface area contributed by atoms with Gasteiger partial charge in [0.25, 0.3) is 11.5 Å². The lowest BCUT2D eigenvalue weighted by atomic mass is 10.1. The molecular formula is C20H21N5O3. The molecule has 8 nitrogen and oxygen atoms in total. The number of carbonyl (C=O) groups is 2. The molecule has 0 fully saturated rings. The van der Waals surface area contributed by atoms with E-state index in [4.69, 9.17) is 0 Å². The zero-order valence-electron chi connectivity index (χ0n) is 15.8. The summed E-state index contributed by atoms with van der Waals surface area (Å²) >= 11 is 0. The largest absolute Gasteiger partial charge is 0.341 e. The highest BCUT2D eigenvalue weighted by molar-refractivity contribution is 6.11. The average molecular weight is 379 g/mol. The van der Waals surface area contributed by atoms with Gasteiger partial charge in [0, 0.05) is 23.8 Å². The van der Waals surface area contributed by atoms with E-state index in [-0.39, 0.29) is 23.3 Å². The van der Waals surface area contributed by atoms with Gasteiger partial charge in [-0.1, -0.05) is 24.3 Å². The summed E-state index contributed by atoms with van der Waals surface area (Å²) in [7, 11) is 1.52. The predicted molar refractivity (Wildman–Crippen MR) is 109 cm³/mol. The average Bonchev–Trinajstić information content (AvgIpc) is 2.68. The number of anilines is 2. The molecule has 0 radical (unpaired) electrons. The molecule has 3 amide bonds. The number of nitrogens with one attached hydrogen (secondary N) is 3. The Morgan fingerprint density at radius 2 is 1.61 bits per heavy atom. The van der Waals surface area contributed by atoms with Gasteiger partial charge >= 0.3 is 6.03 Å². The molecule has 0 spiro atoms. The van der Waals surface area contributed by atoms with Crippen LogP contribution in [0.5, 0.6) is 0 Å². The van der Waals surface area contributed by atoms with Crippen molar-refractivity contribution in [2.75, 3.05) is 17.7 Å². The molecule has 1 aromatic heterocycles. The van der Waals surface area contributed by atoms with Crippen LogP contribution in [0.4, 0.5) is 16.2 Å². The van der Waals surface area contributed by atoms with Crippen molar-refractivity contribution in [3.05, 3.63) is 64.6 Å². The third kappa shape index (κ3) is 3.85. The zero-order valence-corrected chi connectivity index (χ0v) is 15.8. The molecule has 3 aromatic rings. The van der Waals surface area contributed by atoms with Crippen molar-refractivity contribution >= 4 is 34.1 Å². The number of amides is 3. The molecule has 0 aliphatic heterocycles. The van der Waals surface area contributed by atoms with Crippen LogP contribution in [0.15, 0.2) is 53.3 Å². The fourth-order valence-corrected chi connectivity index (χ4v) is 2.78. The van der Waals surface area contributed by atoms with E-state index in [1.54, 1.807) is 48.5 Å². The van der Waals surface area contributed by atoms with Crippen molar-refractivity contribution in [2.24, 2.45) is 0 Å². The van der Waals surface area contributed by atoms with Crippen molar-refractivity contribution in [1.29, 1.82) is 0 Å². The Labute approximate surface area is 161 Å². The first kappa shape index (κ1) is 19.1. The highest BCUT2D eigenvalue weighted by Crippen LogP contribution is 2.19. The molecule has 3 N–H and O–H groups in total. The normalized spacial score (nSPS) is 10.7. The Morgan fingerprint density at radius 1 is 0.964 bits per heavy atom. The summed E-state index contributed by atoms with van der Waals surface area (Å²) < 4.78 is 1.31. The fourth-order valence-electron chi connectivity index (χ4n) is 2.78. The number of nitrogens with zero attached hydrogens (tertiary/aromatic N) is 2. The van der Waals surface area contributed by atoms with Gasteiger partial charge < -0.3 is 16.0 Å². The Balaban J connectivity index is 1.98. The second-order valence-corrected chi connectivity index (χ2v) is 6.48. The van der Waals surface area contributed by atoms with E-state index < -0.39 is 5.91 Å². The molecule has 0 aliphatic carbocycles. The third-order valence-corrected chi connectivity index (χ3v) is 4.14. The molecular weight excluding hydrogens is 358 g/mol. The number of rotatable bonds is 4. The lowest BCUT2D eigenvalue weighted by molar-refractivity contribution is 0.102. The van der Waals surface area contributed by atoms with Crippen LogP contribution in [0.1, 0.15) is 30.4 Å². The molecule has 0 aliphatic rings. The van der Waals surface area contributed by atoms with Crippen LogP contribution >= 0.6 is 0 Å². The maximum atomic E-state index is 12.9. The number of fused-ring (bicyclic) bond motifs is 1. The quantitative estimate of drug-likeness (QED) is 0.648. The maximum absolute atomic E-state index is 12.9. The van der Waals surface area contributed by atoms with Gasteiger partial charge in [0.05, 0.1) is 11.4 Å². The molecule has 0 saturated carbocycles. The molecule has 0 unspecified atom stereocenters. The van der Waals surface area contributed by atoms with Crippen molar-refractivity contribution in [3.8, 4) is 0 Å². The van der Waals surface area contributed by atoms with Crippen molar-refractivity contribution in [1.82, 2.24) is 15.1 Å². The minimum Gasteiger partial charge on any atom is -0.341 e. The summed E-state index contributed by atoms with van der Waals surface area (Å²) in [6.45, 7) is 3.66. The molecule has 2 aromatic carbocycles. The van der Waals surface area contributed by atoms with Crippen LogP contribution in [-0.2, 0) is 0 Å². The van der Waals surface area contributed by atoms with Gasteiger partial charge in [-0.05, 0) is 38.1 Å². The fraction of sp³-hybridized carbons (Fsp3) is 0.200. The molecule has 0 saturated heterocycles. The number of hydrogen-bond acceptors (Lipinski definition) is 4. The van der Waals surface area contributed by atoms with Crippen LogP contribution in [0.3, 0.4) is 0 Å². The first-order valence-electron chi connectivity index (χ1n) is 8.82. The van der Waals surface area contributed by atoms with E-state index in [1.807, 2.05) is 13.8 Å². The molecule has 0 bridgehead atoms. The Morgan fingerprint density at radius 3 is 2.25 bits per heavy atom. The first-order valence-corrected chi connectivity index (χ1v) is 8.82. The van der Waals surface area contributed by atoms with Gasteiger partial charge in [-0.15, -0.1) is 0 Å². The van der Waals surface area contributed by atoms with Gasteiger partial charge in [0.15, 0.2) is 5.69 Å². The van der Waals surface area contributed by atoms with Crippen LogP contribution in [0.25, 0.3) is 10.8 Å². The van der Waals surface area contributed by atoms with Gasteiger partial charge in [0.2, 0.25) is 0 Å². The van der Waals surface area contributed by atoms with Gasteiger partial charge in [-0.2, -0.15) is 5.10 Å². The molecule has 1 heterocycles. The van der Waals surface area contributed by atoms with Gasteiger partial charge in [0.1, 0.15) is 0 Å². The van der Waals surface area contributed by atoms with E-state index in [1.165, 1.54) is 11.7 Å². The molecule has 8 heteroatoms. The molecule has 28 heavy (non-hydrogen) atoms. The lowest BCUT2D eigenvalue weighted by Crippen LogP contribution is -2.29. The highest BCUT2D eigenvalue weighted by atomic mass is 16.2. The second kappa shape index (κ2) is 7.91. The van der Waals surface area contributed by atoms with Crippen molar-refractivity contribution in [2.45, 2.75) is 19.9 Å². The Hall–Kier alpha value is -3.68. The molecule has 0 atom stereocenters. The number of hydrogen-bond donors (Lipinski definition) is 3. The maximum Gasteiger partial charge on any atom is 0.318 e. The number of carbonyl (C=O) groups excluding carboxylic acids is 2. The first-order chi connectivity index (χ1) is 13.4. The number of benzene rings is 2. The molecule has 3 rings (SSSR count). The third-order valence-electron chi connectivity index (χ3n) is 4.14. The van der Waals surface area contributed by atoms with Crippen molar-refractivity contribution < 1.29 is 9.59 Å². The van der Waals surface area contributed by atoms with Gasteiger partial charge in [-0.25, -0.2) is 9.48 Å². The summed E-state index contributed by atoms with van der Waals surface area (Å²) in [5, 5.41) is 13.1. The van der Waals surface area contributed by atoms with Crippen LogP contribution in [0, 0.1) is 0 Å². The van der Waals surface area contributed by atoms with Gasteiger partial charge in [-0.3, -0.25) is 9.59 Å². The van der Waals surface area contributed by atoms with E-state index >= 15 is 0 Å². The summed E-state index contributed by atoms with van der Waals surface area (Å²) in [4.78, 5) is 37.0. The van der Waals surface area contributed by atoms with Crippen LogP contribution in [-0.4, -0.2) is 28.8 Å². The lowest BCUT2D eigenvalue weighted by Gasteiger charge is -2.14. The summed E-state index contributed by atoms with van der Waals surface area (Å²) in [5.74, 6) is -0.442. The second-order valence-electron chi connectivity index (χ2n) is 6.48. The highest BCUT2D eigenvalue weighted by Gasteiger charge is 2.18. The number of urea groups is 1. The summed E-state index contributed by atoms with van der Waals surface area (Å²) in [5.41, 5.74) is 0.946. The Kier molecular flexibility index (Phi) is 5.39. The van der Waals surface area contributed by atoms with E-state index in [9.17, 15) is 14.4 Å². The SMILES string of the molecule is CNC(=O)Nc1cccc(NC(=O)c2nn(C(C)C)c(=O)c3ccccc23)c1. The standard InChI is InChI=1S/C20H21N5O3/c1-12(2)25-19(27)16-10-5-4-9-15(16)17(24-25)18(26)22-13-7-6-8-14(11-13)23-20(28)21-3/h4-12H,1-3H3,(H,22,26)(H2,21,23,28). The molecule has 144 valence electrons. The topological polar surface area (TPSA) is 105 Å². The summed E-state index contributed by atoms with van der Waals surface area (Å²) in [6, 6.07) is 13.1. The smallest absolute Gasteiger partial charge is 0.318 e. The number of aromatic nitrogens is 2. The summed E-state index contributed by atoms with van der Waals surface area (Å²) in [6.07, 6.45) is 0. The van der Waals surface area contributed by atoms with E-state index in [0.29, 0.717) is 22.1 Å². The monoisotopic (exact) mass is 379 g/mol.